The average molecular weight is 481 g/mol. The van der Waals surface area contributed by atoms with Gasteiger partial charge in [0, 0.05) is 43.1 Å². The summed E-state index contributed by atoms with van der Waals surface area (Å²) in [7, 11) is 0. The predicted octanol–water partition coefficient (Wildman–Crippen LogP) is 9.65. The lowest BCUT2D eigenvalue weighted by molar-refractivity contribution is 1.37. The maximum Gasteiger partial charge on any atom is 0.0626 e. The first-order valence-electron chi connectivity index (χ1n) is 13.2. The van der Waals surface area contributed by atoms with E-state index in [1.165, 1.54) is 87.3 Å². The fourth-order valence-corrected chi connectivity index (χ4v) is 7.30. The molecule has 6 aromatic carbocycles. The fourth-order valence-electron chi connectivity index (χ4n) is 7.30. The lowest BCUT2D eigenvalue weighted by Crippen LogP contribution is -1.83. The Hall–Kier alpha value is -5.08. The van der Waals surface area contributed by atoms with Crippen LogP contribution in [0.15, 0.2) is 121 Å². The number of hydrogen-bond donors (Lipinski definition) is 0. The molecule has 0 fully saturated rings. The lowest BCUT2D eigenvalue weighted by atomic mass is 9.96. The maximum absolute atomic E-state index is 2.46. The number of fused-ring (bicyclic) bond motifs is 12. The summed E-state index contributed by atoms with van der Waals surface area (Å²) in [5.41, 5.74) is 10.3. The lowest BCUT2D eigenvalue weighted by Gasteiger charge is -2.07. The third-order valence-corrected chi connectivity index (χ3v) is 8.78. The van der Waals surface area contributed by atoms with Crippen LogP contribution in [0.1, 0.15) is 0 Å². The molecule has 0 aliphatic heterocycles. The van der Waals surface area contributed by atoms with Crippen molar-refractivity contribution in [2.45, 2.75) is 0 Å². The van der Waals surface area contributed by atoms with E-state index in [9.17, 15) is 0 Å². The Labute approximate surface area is 217 Å². The molecule has 0 amide bonds. The molecule has 4 aromatic heterocycles. The molecule has 4 heterocycles. The van der Waals surface area contributed by atoms with Gasteiger partial charge in [-0.3, -0.25) is 0 Å². The Bertz CT molecular complexity index is 2560. The largest absolute Gasteiger partial charge is 0.308 e. The summed E-state index contributed by atoms with van der Waals surface area (Å²) in [4.78, 5) is 0. The molecule has 10 rings (SSSR count). The molecule has 0 N–H and O–H groups in total. The third kappa shape index (κ3) is 2.06. The van der Waals surface area contributed by atoms with Crippen molar-refractivity contribution in [3.05, 3.63) is 121 Å². The van der Waals surface area contributed by atoms with E-state index in [0.29, 0.717) is 0 Å². The molecule has 0 saturated carbocycles. The van der Waals surface area contributed by atoms with Crippen molar-refractivity contribution in [2.75, 3.05) is 0 Å². The van der Waals surface area contributed by atoms with Gasteiger partial charge in [-0.05, 0) is 41.5 Å². The minimum atomic E-state index is 1.27. The van der Waals surface area contributed by atoms with Gasteiger partial charge in [0.15, 0.2) is 0 Å². The predicted molar refractivity (Wildman–Crippen MR) is 161 cm³/mol. The van der Waals surface area contributed by atoms with E-state index in [-0.39, 0.29) is 0 Å². The Morgan fingerprint density at radius 1 is 0.342 bits per heavy atom. The van der Waals surface area contributed by atoms with Crippen LogP contribution in [0.3, 0.4) is 0 Å². The van der Waals surface area contributed by atoms with Gasteiger partial charge in [-0.1, -0.05) is 91.0 Å². The highest BCUT2D eigenvalue weighted by Crippen LogP contribution is 2.45. The normalized spacial score (nSPS) is 12.7. The zero-order chi connectivity index (χ0) is 24.5. The van der Waals surface area contributed by atoms with E-state index in [4.69, 9.17) is 0 Å². The van der Waals surface area contributed by atoms with Gasteiger partial charge in [-0.2, -0.15) is 0 Å². The minimum Gasteiger partial charge on any atom is -0.308 e. The van der Waals surface area contributed by atoms with Crippen molar-refractivity contribution in [2.24, 2.45) is 0 Å². The molecule has 0 aliphatic carbocycles. The molecule has 10 aromatic rings. The summed E-state index contributed by atoms with van der Waals surface area (Å²) in [6.45, 7) is 0. The molecule has 0 bridgehead atoms. The van der Waals surface area contributed by atoms with Gasteiger partial charge in [0.05, 0.1) is 33.1 Å². The van der Waals surface area contributed by atoms with Crippen LogP contribution >= 0.6 is 0 Å². The van der Waals surface area contributed by atoms with Crippen molar-refractivity contribution >= 4 is 76.2 Å². The Balaban J connectivity index is 1.37. The van der Waals surface area contributed by atoms with Crippen LogP contribution in [-0.4, -0.2) is 8.80 Å². The smallest absolute Gasteiger partial charge is 0.0626 e. The number of nitrogens with zero attached hydrogens (tertiary/aromatic N) is 2. The van der Waals surface area contributed by atoms with Crippen molar-refractivity contribution in [3.8, 4) is 11.1 Å². The zero-order valence-corrected chi connectivity index (χ0v) is 20.4. The highest BCUT2D eigenvalue weighted by molar-refractivity contribution is 6.28. The average Bonchev–Trinajstić information content (AvgIpc) is 3.70. The molecular formula is C36H20N2. The number of benzene rings is 6. The van der Waals surface area contributed by atoms with Gasteiger partial charge >= 0.3 is 0 Å². The van der Waals surface area contributed by atoms with Crippen molar-refractivity contribution in [1.29, 1.82) is 0 Å². The Kier molecular flexibility index (Phi) is 3.23. The van der Waals surface area contributed by atoms with E-state index < -0.39 is 0 Å². The second-order valence-electron chi connectivity index (χ2n) is 10.5. The van der Waals surface area contributed by atoms with Crippen LogP contribution in [-0.2, 0) is 0 Å². The highest BCUT2D eigenvalue weighted by Gasteiger charge is 2.21. The molecule has 2 nitrogen and oxygen atoms in total. The Morgan fingerprint density at radius 2 is 0.868 bits per heavy atom. The van der Waals surface area contributed by atoms with Crippen LogP contribution in [0.5, 0.6) is 0 Å². The van der Waals surface area contributed by atoms with Gasteiger partial charge in [0.25, 0.3) is 0 Å². The van der Waals surface area contributed by atoms with Gasteiger partial charge < -0.3 is 8.80 Å². The summed E-state index contributed by atoms with van der Waals surface area (Å²) in [6, 6.07) is 44.9. The molecule has 38 heavy (non-hydrogen) atoms. The number of hydrogen-bond acceptors (Lipinski definition) is 0. The minimum absolute atomic E-state index is 1.27. The van der Waals surface area contributed by atoms with Crippen molar-refractivity contribution in [1.82, 2.24) is 8.80 Å². The number of para-hydroxylation sites is 4. The summed E-state index contributed by atoms with van der Waals surface area (Å²) in [5.74, 6) is 0. The Morgan fingerprint density at radius 3 is 1.61 bits per heavy atom. The molecule has 0 atom stereocenters. The molecule has 2 heteroatoms. The topological polar surface area (TPSA) is 8.82 Å². The van der Waals surface area contributed by atoms with Crippen molar-refractivity contribution < 1.29 is 0 Å². The van der Waals surface area contributed by atoms with Crippen molar-refractivity contribution in [3.63, 3.8) is 0 Å². The van der Waals surface area contributed by atoms with Crippen LogP contribution in [0, 0.1) is 0 Å². The molecule has 0 spiro atoms. The second-order valence-corrected chi connectivity index (χ2v) is 10.5. The fraction of sp³-hybridized carbons (Fsp3) is 0. The second kappa shape index (κ2) is 6.42. The molecule has 0 radical (unpaired) electrons. The number of aromatic nitrogens is 2. The first-order valence-corrected chi connectivity index (χ1v) is 13.2. The van der Waals surface area contributed by atoms with Crippen LogP contribution in [0.4, 0.5) is 0 Å². The summed E-state index contributed by atoms with van der Waals surface area (Å²) >= 11 is 0. The number of rotatable bonds is 1. The van der Waals surface area contributed by atoms with Crippen LogP contribution in [0.25, 0.3) is 87.3 Å². The quantitative estimate of drug-likeness (QED) is 0.221. The third-order valence-electron chi connectivity index (χ3n) is 8.78. The summed E-state index contributed by atoms with van der Waals surface area (Å²) in [5, 5.41) is 10.6. The first kappa shape index (κ1) is 19.1. The van der Waals surface area contributed by atoms with Crippen LogP contribution in [0.2, 0.25) is 0 Å². The molecule has 0 aliphatic rings. The molecule has 0 unspecified atom stereocenters. The van der Waals surface area contributed by atoms with E-state index >= 15 is 0 Å². The first-order chi connectivity index (χ1) is 18.9. The van der Waals surface area contributed by atoms with E-state index in [0.717, 1.165) is 0 Å². The van der Waals surface area contributed by atoms with E-state index in [1.807, 2.05) is 0 Å². The SMILES string of the molecule is c1ccc2c(c1)c1cccc3c4cc(-c5ccc6c7ccccc7n7c8ccccc8c5c67)ccc4n2c13. The van der Waals surface area contributed by atoms with Gasteiger partial charge in [0.1, 0.15) is 0 Å². The monoisotopic (exact) mass is 480 g/mol. The molecular weight excluding hydrogens is 460 g/mol. The van der Waals surface area contributed by atoms with E-state index in [1.54, 1.807) is 0 Å². The zero-order valence-electron chi connectivity index (χ0n) is 20.4. The van der Waals surface area contributed by atoms with Gasteiger partial charge in [-0.15, -0.1) is 0 Å². The summed E-state index contributed by atoms with van der Waals surface area (Å²) < 4.78 is 4.92. The van der Waals surface area contributed by atoms with Gasteiger partial charge in [0.2, 0.25) is 0 Å². The van der Waals surface area contributed by atoms with Crippen LogP contribution < -0.4 is 0 Å². The molecule has 174 valence electrons. The van der Waals surface area contributed by atoms with Gasteiger partial charge in [-0.25, -0.2) is 0 Å². The van der Waals surface area contributed by atoms with E-state index in [2.05, 4.69) is 130 Å². The highest BCUT2D eigenvalue weighted by atomic mass is 14.9. The molecule has 0 saturated heterocycles. The summed E-state index contributed by atoms with van der Waals surface area (Å²) in [6.07, 6.45) is 0. The maximum atomic E-state index is 2.46. The standard InChI is InChI=1S/C36H20N2/c1-4-13-30-23(8-1)25-11-7-12-26-29-20-21(16-19-33(29)37(30)35(25)26)22-17-18-27-24-9-2-5-14-31(24)38-32-15-6-3-10-28(32)34(22)36(27)38/h1-20H.